The van der Waals surface area contributed by atoms with Crippen LogP contribution < -0.4 is 0 Å². The summed E-state index contributed by atoms with van der Waals surface area (Å²) < 4.78 is 0. The maximum atomic E-state index is 10.4. The quantitative estimate of drug-likeness (QED) is 0.866. The smallest absolute Gasteiger partial charge is 0.0830 e. The van der Waals surface area contributed by atoms with E-state index in [1.807, 2.05) is 6.07 Å². The minimum atomic E-state index is -0.402. The van der Waals surface area contributed by atoms with Gasteiger partial charge in [0.1, 0.15) is 0 Å². The molecule has 0 aliphatic heterocycles. The van der Waals surface area contributed by atoms with Crippen molar-refractivity contribution in [3.63, 3.8) is 0 Å². The second kappa shape index (κ2) is 5.18. The number of aryl methyl sites for hydroxylation is 1. The molecule has 0 aromatic heterocycles. The Morgan fingerprint density at radius 1 is 1.11 bits per heavy atom. The lowest BCUT2D eigenvalue weighted by Crippen LogP contribution is -2.02. The molecule has 2 aromatic rings. The molecule has 0 spiro atoms. The minimum absolute atomic E-state index is 0.402. The first kappa shape index (κ1) is 12.4. The predicted molar refractivity (Wildman–Crippen MR) is 78.3 cm³/mol. The van der Waals surface area contributed by atoms with Gasteiger partial charge in [-0.1, -0.05) is 54.1 Å². The second-order valence-corrected chi connectivity index (χ2v) is 5.65. The van der Waals surface area contributed by atoms with Crippen molar-refractivity contribution in [3.05, 3.63) is 70.8 Å². The molecule has 0 saturated heterocycles. The van der Waals surface area contributed by atoms with Crippen molar-refractivity contribution in [1.82, 2.24) is 0 Å². The molecule has 0 radical (unpaired) electrons. The van der Waals surface area contributed by atoms with E-state index in [1.54, 1.807) is 0 Å². The first-order chi connectivity index (χ1) is 9.22. The van der Waals surface area contributed by atoms with Crippen molar-refractivity contribution in [3.8, 4) is 0 Å². The standard InChI is InChI=1S/C18H20O/c1-13-4-2-5-14(10-13)11-18(19)17-7-3-6-16(12-17)15-8-9-15/h2-7,10,12,15,18-19H,8-9,11H2,1H3. The molecular formula is C18H20O. The summed E-state index contributed by atoms with van der Waals surface area (Å²) in [6, 6.07) is 16.8. The lowest BCUT2D eigenvalue weighted by molar-refractivity contribution is 0.178. The van der Waals surface area contributed by atoms with E-state index in [1.165, 1.54) is 29.5 Å². The molecule has 1 atom stereocenters. The zero-order valence-electron chi connectivity index (χ0n) is 11.3. The number of rotatable bonds is 4. The molecule has 19 heavy (non-hydrogen) atoms. The normalized spacial score (nSPS) is 16.3. The van der Waals surface area contributed by atoms with E-state index in [4.69, 9.17) is 0 Å². The fourth-order valence-electron chi connectivity index (χ4n) is 2.62. The Labute approximate surface area is 114 Å². The zero-order chi connectivity index (χ0) is 13.2. The molecule has 0 heterocycles. The van der Waals surface area contributed by atoms with E-state index < -0.39 is 6.10 Å². The number of hydrogen-bond acceptors (Lipinski definition) is 1. The number of benzene rings is 2. The Hall–Kier alpha value is -1.60. The van der Waals surface area contributed by atoms with Crippen LogP contribution in [0.5, 0.6) is 0 Å². The molecule has 1 fully saturated rings. The van der Waals surface area contributed by atoms with Crippen molar-refractivity contribution in [1.29, 1.82) is 0 Å². The summed E-state index contributed by atoms with van der Waals surface area (Å²) in [5.41, 5.74) is 4.88. The third-order valence-corrected chi connectivity index (χ3v) is 3.86. The first-order valence-electron chi connectivity index (χ1n) is 7.06. The van der Waals surface area contributed by atoms with Crippen molar-refractivity contribution in [2.24, 2.45) is 0 Å². The fraction of sp³-hybridized carbons (Fsp3) is 0.333. The summed E-state index contributed by atoms with van der Waals surface area (Å²) in [6.07, 6.45) is 2.89. The van der Waals surface area contributed by atoms with E-state index in [-0.39, 0.29) is 0 Å². The highest BCUT2D eigenvalue weighted by molar-refractivity contribution is 5.32. The van der Waals surface area contributed by atoms with Crippen LogP contribution in [-0.4, -0.2) is 5.11 Å². The van der Waals surface area contributed by atoms with E-state index in [0.717, 1.165) is 11.5 Å². The lowest BCUT2D eigenvalue weighted by atomic mass is 9.98. The van der Waals surface area contributed by atoms with Gasteiger partial charge in [-0.2, -0.15) is 0 Å². The summed E-state index contributed by atoms with van der Waals surface area (Å²) in [6.45, 7) is 2.09. The van der Waals surface area contributed by atoms with Gasteiger partial charge in [-0.15, -0.1) is 0 Å². The van der Waals surface area contributed by atoms with Crippen LogP contribution in [0.4, 0.5) is 0 Å². The van der Waals surface area contributed by atoms with E-state index in [9.17, 15) is 5.11 Å². The number of hydrogen-bond donors (Lipinski definition) is 1. The Bertz CT molecular complexity index is 569. The SMILES string of the molecule is Cc1cccc(CC(O)c2cccc(C3CC3)c2)c1. The van der Waals surface area contributed by atoms with Crippen molar-refractivity contribution in [2.45, 2.75) is 38.2 Å². The van der Waals surface area contributed by atoms with Crippen molar-refractivity contribution >= 4 is 0 Å². The van der Waals surface area contributed by atoms with Crippen LogP contribution in [0.2, 0.25) is 0 Å². The van der Waals surface area contributed by atoms with Crippen LogP contribution in [0.3, 0.4) is 0 Å². The Balaban J connectivity index is 1.76. The maximum absolute atomic E-state index is 10.4. The Morgan fingerprint density at radius 2 is 1.89 bits per heavy atom. The molecule has 1 saturated carbocycles. The van der Waals surface area contributed by atoms with Gasteiger partial charge in [0.15, 0.2) is 0 Å². The van der Waals surface area contributed by atoms with Crippen LogP contribution in [0.25, 0.3) is 0 Å². The van der Waals surface area contributed by atoms with Crippen molar-refractivity contribution < 1.29 is 5.11 Å². The maximum Gasteiger partial charge on any atom is 0.0830 e. The highest BCUT2D eigenvalue weighted by Crippen LogP contribution is 2.40. The highest BCUT2D eigenvalue weighted by Gasteiger charge is 2.24. The topological polar surface area (TPSA) is 20.2 Å². The molecule has 98 valence electrons. The van der Waals surface area contributed by atoms with E-state index in [2.05, 4.69) is 49.4 Å². The number of aliphatic hydroxyl groups excluding tert-OH is 1. The molecule has 1 N–H and O–H groups in total. The predicted octanol–water partition coefficient (Wildman–Crippen LogP) is 4.15. The van der Waals surface area contributed by atoms with Gasteiger partial charge >= 0.3 is 0 Å². The largest absolute Gasteiger partial charge is 0.388 e. The van der Waals surface area contributed by atoms with Crippen LogP contribution in [0.1, 0.15) is 47.1 Å². The van der Waals surface area contributed by atoms with Crippen LogP contribution >= 0.6 is 0 Å². The van der Waals surface area contributed by atoms with Gasteiger partial charge in [-0.05, 0) is 42.4 Å². The summed E-state index contributed by atoms with van der Waals surface area (Å²) in [4.78, 5) is 0. The molecule has 0 bridgehead atoms. The third kappa shape index (κ3) is 3.05. The second-order valence-electron chi connectivity index (χ2n) is 5.65. The monoisotopic (exact) mass is 252 g/mol. The number of aliphatic hydroxyl groups is 1. The van der Waals surface area contributed by atoms with Gasteiger partial charge in [0.25, 0.3) is 0 Å². The van der Waals surface area contributed by atoms with Gasteiger partial charge < -0.3 is 5.11 Å². The molecule has 2 aromatic carbocycles. The highest BCUT2D eigenvalue weighted by atomic mass is 16.3. The van der Waals surface area contributed by atoms with Gasteiger partial charge in [0, 0.05) is 6.42 Å². The molecule has 1 unspecified atom stereocenters. The molecule has 1 heteroatoms. The molecule has 1 aliphatic rings. The van der Waals surface area contributed by atoms with E-state index >= 15 is 0 Å². The summed E-state index contributed by atoms with van der Waals surface area (Å²) in [5.74, 6) is 0.742. The van der Waals surface area contributed by atoms with Crippen LogP contribution in [-0.2, 0) is 6.42 Å². The summed E-state index contributed by atoms with van der Waals surface area (Å²) in [5, 5.41) is 10.4. The molecular weight excluding hydrogens is 232 g/mol. The van der Waals surface area contributed by atoms with Crippen LogP contribution in [0, 0.1) is 6.92 Å². The zero-order valence-corrected chi connectivity index (χ0v) is 11.3. The van der Waals surface area contributed by atoms with Crippen LogP contribution in [0.15, 0.2) is 48.5 Å². The summed E-state index contributed by atoms with van der Waals surface area (Å²) in [7, 11) is 0. The minimum Gasteiger partial charge on any atom is -0.388 e. The van der Waals surface area contributed by atoms with Gasteiger partial charge in [0.05, 0.1) is 6.10 Å². The molecule has 3 rings (SSSR count). The summed E-state index contributed by atoms with van der Waals surface area (Å²) >= 11 is 0. The van der Waals surface area contributed by atoms with Gasteiger partial charge in [-0.3, -0.25) is 0 Å². The van der Waals surface area contributed by atoms with Crippen molar-refractivity contribution in [2.75, 3.05) is 0 Å². The Morgan fingerprint density at radius 3 is 2.63 bits per heavy atom. The third-order valence-electron chi connectivity index (χ3n) is 3.86. The van der Waals surface area contributed by atoms with Gasteiger partial charge in [0.2, 0.25) is 0 Å². The molecule has 1 aliphatic carbocycles. The van der Waals surface area contributed by atoms with E-state index in [0.29, 0.717) is 6.42 Å². The Kier molecular flexibility index (Phi) is 3.39. The average Bonchev–Trinajstić information content (AvgIpc) is 3.23. The average molecular weight is 252 g/mol. The molecule has 1 nitrogen and oxygen atoms in total. The lowest BCUT2D eigenvalue weighted by Gasteiger charge is -2.13. The molecule has 0 amide bonds. The fourth-order valence-corrected chi connectivity index (χ4v) is 2.62. The first-order valence-corrected chi connectivity index (χ1v) is 7.06. The van der Waals surface area contributed by atoms with Gasteiger partial charge in [-0.25, -0.2) is 0 Å².